The molecule has 8 heteroatoms. The van der Waals surface area contributed by atoms with Gasteiger partial charge in [0.25, 0.3) is 0 Å². The summed E-state index contributed by atoms with van der Waals surface area (Å²) in [5, 5.41) is 21.3. The Morgan fingerprint density at radius 1 is 0.978 bits per heavy atom. The lowest BCUT2D eigenvalue weighted by atomic mass is 9.46. The number of β-amino-alcohol motifs (C(OH)–C–C–N with tert-alkyl or cyclic N) is 1. The van der Waals surface area contributed by atoms with Crippen molar-refractivity contribution in [2.24, 2.45) is 45.3 Å². The van der Waals surface area contributed by atoms with E-state index in [0.29, 0.717) is 47.2 Å². The lowest BCUT2D eigenvalue weighted by molar-refractivity contribution is -0.247. The molecule has 0 amide bonds. The largest absolute Gasteiger partial charge is 0.457 e. The number of nitrogens with zero attached hydrogens (tertiary/aromatic N) is 1. The standard InChI is InChI=1S/C38H63NO7.H2/c1-23(40)44-32(35(6,7)42)27-11-9-25-28(45-27)19-26-24-10-12-29-34(4,5)30(46-31-20-39(17-18-43-31)22-33(2,3)41)13-14-38(29)21-37(24,38)16-15-36(25,26)8;/h24-32,41-42H,9-22H2,1-8H3;1H/t24?,25?,26?,27?,28?,29?,30-,31?,32-,36?,37-,38?;/m0./s1. The van der Waals surface area contributed by atoms with Gasteiger partial charge in [-0.3, -0.25) is 9.69 Å². The van der Waals surface area contributed by atoms with Gasteiger partial charge in [0.1, 0.15) is 0 Å². The molecule has 2 spiro atoms. The summed E-state index contributed by atoms with van der Waals surface area (Å²) in [4.78, 5) is 14.2. The molecular formula is C38H65NO7. The Balaban J connectivity index is 0.00000386. The maximum atomic E-state index is 12.0. The summed E-state index contributed by atoms with van der Waals surface area (Å²) in [6.07, 6.45) is 11.3. The molecule has 5 saturated carbocycles. The minimum atomic E-state index is -1.14. The molecule has 0 bridgehead atoms. The van der Waals surface area contributed by atoms with Gasteiger partial charge < -0.3 is 29.2 Å². The Labute approximate surface area is 279 Å². The SMILES string of the molecule is CC(=O)O[C@@H](C1CCC2C(CC3C4CCC5C(C)(C)[C@@H](OC6CN(CC(C)(C)O)CCO6)CCC56C[C@@]46CCC23C)O1)C(C)(C)O.[HH]. The number of rotatable bonds is 7. The summed E-state index contributed by atoms with van der Waals surface area (Å²) in [5.41, 5.74) is -0.557. The van der Waals surface area contributed by atoms with Gasteiger partial charge in [0.05, 0.1) is 36.1 Å². The van der Waals surface area contributed by atoms with Crippen LogP contribution in [-0.2, 0) is 23.7 Å². The lowest BCUT2D eigenvalue weighted by Gasteiger charge is -2.60. The van der Waals surface area contributed by atoms with E-state index in [1.54, 1.807) is 13.8 Å². The van der Waals surface area contributed by atoms with Crippen LogP contribution in [0.15, 0.2) is 0 Å². The number of esters is 1. The Hall–Kier alpha value is -0.770. The van der Waals surface area contributed by atoms with Gasteiger partial charge in [0.2, 0.25) is 0 Å². The third-order valence-corrected chi connectivity index (χ3v) is 14.9. The van der Waals surface area contributed by atoms with Crippen LogP contribution in [0.25, 0.3) is 0 Å². The molecule has 9 unspecified atom stereocenters. The second kappa shape index (κ2) is 11.1. The minimum absolute atomic E-state index is 0. The summed E-state index contributed by atoms with van der Waals surface area (Å²) in [6, 6.07) is 0. The molecule has 2 heterocycles. The zero-order valence-corrected chi connectivity index (χ0v) is 30.0. The van der Waals surface area contributed by atoms with Gasteiger partial charge in [0.15, 0.2) is 12.4 Å². The van der Waals surface area contributed by atoms with E-state index in [1.807, 2.05) is 13.8 Å². The quantitative estimate of drug-likeness (QED) is 0.327. The summed E-state index contributed by atoms with van der Waals surface area (Å²) >= 11 is 0. The smallest absolute Gasteiger partial charge is 0.303 e. The third kappa shape index (κ3) is 5.33. The van der Waals surface area contributed by atoms with E-state index >= 15 is 0 Å². The Morgan fingerprint density at radius 2 is 1.72 bits per heavy atom. The molecule has 2 aliphatic heterocycles. The molecule has 5 aliphatic carbocycles. The first kappa shape index (κ1) is 33.7. The van der Waals surface area contributed by atoms with Crippen LogP contribution in [0.4, 0.5) is 0 Å². The maximum absolute atomic E-state index is 12.0. The predicted molar refractivity (Wildman–Crippen MR) is 177 cm³/mol. The lowest BCUT2D eigenvalue weighted by Crippen LogP contribution is -2.56. The van der Waals surface area contributed by atoms with Crippen molar-refractivity contribution in [3.8, 4) is 0 Å². The molecule has 264 valence electrons. The third-order valence-electron chi connectivity index (χ3n) is 14.9. The van der Waals surface area contributed by atoms with Crippen LogP contribution in [0.1, 0.15) is 121 Å². The molecule has 46 heavy (non-hydrogen) atoms. The second-order valence-corrected chi connectivity index (χ2v) is 19.0. The Kier molecular flexibility index (Phi) is 8.15. The monoisotopic (exact) mass is 647 g/mol. The van der Waals surface area contributed by atoms with Crippen molar-refractivity contribution in [1.82, 2.24) is 4.90 Å². The molecule has 12 atom stereocenters. The van der Waals surface area contributed by atoms with Gasteiger partial charge in [-0.15, -0.1) is 0 Å². The maximum Gasteiger partial charge on any atom is 0.303 e. The predicted octanol–water partition coefficient (Wildman–Crippen LogP) is 5.96. The van der Waals surface area contributed by atoms with Crippen molar-refractivity contribution in [3.63, 3.8) is 0 Å². The Bertz CT molecular complexity index is 1180. The fraction of sp³-hybridized carbons (Fsp3) is 0.974. The van der Waals surface area contributed by atoms with Crippen LogP contribution in [0.2, 0.25) is 0 Å². The normalized spacial score (nSPS) is 47.4. The van der Waals surface area contributed by atoms with Crippen LogP contribution in [0, 0.1) is 45.3 Å². The van der Waals surface area contributed by atoms with Gasteiger partial charge in [-0.2, -0.15) is 0 Å². The number of fused-ring (bicyclic) bond motifs is 4. The molecule has 7 fully saturated rings. The molecule has 2 saturated heterocycles. The van der Waals surface area contributed by atoms with Crippen molar-refractivity contribution >= 4 is 5.97 Å². The van der Waals surface area contributed by atoms with E-state index < -0.39 is 17.3 Å². The summed E-state index contributed by atoms with van der Waals surface area (Å²) < 4.78 is 25.5. The summed E-state index contributed by atoms with van der Waals surface area (Å²) in [6.45, 7) is 19.1. The second-order valence-electron chi connectivity index (χ2n) is 19.0. The van der Waals surface area contributed by atoms with E-state index in [0.717, 1.165) is 44.7 Å². The van der Waals surface area contributed by atoms with Crippen LogP contribution < -0.4 is 0 Å². The fourth-order valence-corrected chi connectivity index (χ4v) is 13.2. The molecule has 8 nitrogen and oxygen atoms in total. The molecule has 7 aliphatic rings. The number of ether oxygens (including phenoxy) is 4. The highest BCUT2D eigenvalue weighted by atomic mass is 16.7. The van der Waals surface area contributed by atoms with Crippen molar-refractivity contribution < 1.29 is 35.4 Å². The molecule has 7 rings (SSSR count). The number of hydrogen-bond donors (Lipinski definition) is 2. The molecule has 0 radical (unpaired) electrons. The number of carbonyl (C=O) groups is 1. The number of morpholine rings is 1. The van der Waals surface area contributed by atoms with Crippen molar-refractivity contribution in [2.75, 3.05) is 26.2 Å². The first-order chi connectivity index (χ1) is 21.4. The van der Waals surface area contributed by atoms with Gasteiger partial charge in [0, 0.05) is 28.0 Å². The van der Waals surface area contributed by atoms with Gasteiger partial charge >= 0.3 is 5.97 Å². The Morgan fingerprint density at radius 3 is 2.41 bits per heavy atom. The first-order valence-electron chi connectivity index (χ1n) is 18.7. The highest BCUT2D eigenvalue weighted by Gasteiger charge is 2.80. The van der Waals surface area contributed by atoms with Gasteiger partial charge in [-0.1, -0.05) is 20.8 Å². The van der Waals surface area contributed by atoms with Crippen LogP contribution in [0.3, 0.4) is 0 Å². The van der Waals surface area contributed by atoms with Crippen LogP contribution >= 0.6 is 0 Å². The molecule has 0 aromatic carbocycles. The van der Waals surface area contributed by atoms with E-state index in [4.69, 9.17) is 18.9 Å². The van der Waals surface area contributed by atoms with Crippen molar-refractivity contribution in [1.29, 1.82) is 0 Å². The van der Waals surface area contributed by atoms with E-state index in [-0.39, 0.29) is 37.4 Å². The van der Waals surface area contributed by atoms with Gasteiger partial charge in [-0.25, -0.2) is 0 Å². The minimum Gasteiger partial charge on any atom is -0.457 e. The van der Waals surface area contributed by atoms with Crippen LogP contribution in [0.5, 0.6) is 0 Å². The van der Waals surface area contributed by atoms with E-state index in [1.165, 1.54) is 45.4 Å². The first-order valence-corrected chi connectivity index (χ1v) is 18.7. The molecule has 0 aromatic heterocycles. The van der Waals surface area contributed by atoms with E-state index in [2.05, 4.69) is 25.7 Å². The summed E-state index contributed by atoms with van der Waals surface area (Å²) in [7, 11) is 0. The zero-order valence-electron chi connectivity index (χ0n) is 30.0. The van der Waals surface area contributed by atoms with Gasteiger partial charge in [-0.05, 0) is 137 Å². The van der Waals surface area contributed by atoms with Crippen LogP contribution in [-0.4, -0.2) is 89.2 Å². The average molecular weight is 648 g/mol. The molecule has 0 aromatic rings. The highest BCUT2D eigenvalue weighted by molar-refractivity contribution is 5.66. The number of carbonyl (C=O) groups excluding carboxylic acids is 1. The topological polar surface area (TPSA) is 97.7 Å². The van der Waals surface area contributed by atoms with Crippen molar-refractivity contribution in [2.45, 2.75) is 162 Å². The highest BCUT2D eigenvalue weighted by Crippen LogP contribution is 2.87. The fourth-order valence-electron chi connectivity index (χ4n) is 13.2. The average Bonchev–Trinajstić information content (AvgIpc) is 3.52. The van der Waals surface area contributed by atoms with E-state index in [9.17, 15) is 15.0 Å². The number of hydrogen-bond acceptors (Lipinski definition) is 8. The molecule has 2 N–H and O–H groups in total. The zero-order chi connectivity index (χ0) is 33.1. The number of aliphatic hydroxyl groups is 2. The summed E-state index contributed by atoms with van der Waals surface area (Å²) in [5.74, 6) is 2.31. The van der Waals surface area contributed by atoms with Crippen molar-refractivity contribution in [3.05, 3.63) is 0 Å². The molecular weight excluding hydrogens is 582 g/mol.